The van der Waals surface area contributed by atoms with Crippen LogP contribution in [0.2, 0.25) is 0 Å². The van der Waals surface area contributed by atoms with Crippen LogP contribution in [-0.2, 0) is 6.18 Å². The quantitative estimate of drug-likeness (QED) is 0.403. The number of benzene rings is 2. The molecule has 0 N–H and O–H groups in total. The van der Waals surface area contributed by atoms with Gasteiger partial charge in [0.2, 0.25) is 0 Å². The molecule has 0 fully saturated rings. The maximum absolute atomic E-state index is 12.6. The van der Waals surface area contributed by atoms with Gasteiger partial charge < -0.3 is 0 Å². The van der Waals surface area contributed by atoms with Crippen molar-refractivity contribution in [3.8, 4) is 0 Å². The van der Waals surface area contributed by atoms with Gasteiger partial charge >= 0.3 is 6.18 Å². The number of hydrogen-bond acceptors (Lipinski definition) is 2. The first-order chi connectivity index (χ1) is 10.3. The smallest absolute Gasteiger partial charge is 0.258 e. The summed E-state index contributed by atoms with van der Waals surface area (Å²) in [6, 6.07) is 9.62. The molecule has 0 amide bonds. The van der Waals surface area contributed by atoms with Crippen LogP contribution in [-0.4, -0.2) is 4.92 Å². The highest BCUT2D eigenvalue weighted by Crippen LogP contribution is 2.33. The lowest BCUT2D eigenvalue weighted by Crippen LogP contribution is -2.06. The first-order valence-electron chi connectivity index (χ1n) is 6.07. The molecule has 0 spiro atoms. The van der Waals surface area contributed by atoms with Crippen molar-refractivity contribution in [1.82, 2.24) is 0 Å². The van der Waals surface area contributed by atoms with Crippen molar-refractivity contribution >= 4 is 33.8 Å². The molecule has 22 heavy (non-hydrogen) atoms. The Hall–Kier alpha value is -2.15. The minimum atomic E-state index is -4.62. The van der Waals surface area contributed by atoms with E-state index < -0.39 is 22.4 Å². The van der Waals surface area contributed by atoms with Gasteiger partial charge in [0.1, 0.15) is 0 Å². The molecule has 0 heterocycles. The molecule has 0 radical (unpaired) electrons. The van der Waals surface area contributed by atoms with Gasteiger partial charge in [-0.3, -0.25) is 10.1 Å². The van der Waals surface area contributed by atoms with Gasteiger partial charge in [-0.25, -0.2) is 0 Å². The van der Waals surface area contributed by atoms with Gasteiger partial charge in [0, 0.05) is 10.5 Å². The molecule has 0 saturated carbocycles. The maximum Gasteiger partial charge on any atom is 0.416 e. The lowest BCUT2D eigenvalue weighted by atomic mass is 10.1. The third kappa shape index (κ3) is 3.73. The van der Waals surface area contributed by atoms with Gasteiger partial charge in [-0.05, 0) is 29.8 Å². The fourth-order valence-electron chi connectivity index (χ4n) is 1.81. The molecule has 114 valence electrons. The van der Waals surface area contributed by atoms with Crippen molar-refractivity contribution in [2.45, 2.75) is 6.18 Å². The normalized spacial score (nSPS) is 11.8. The van der Waals surface area contributed by atoms with Crippen molar-refractivity contribution in [2.24, 2.45) is 0 Å². The van der Waals surface area contributed by atoms with Gasteiger partial charge in [0.05, 0.1) is 16.1 Å². The van der Waals surface area contributed by atoms with E-state index in [2.05, 4.69) is 15.9 Å². The number of nitro groups is 1. The monoisotopic (exact) mass is 371 g/mol. The van der Waals surface area contributed by atoms with Crippen LogP contribution in [0.3, 0.4) is 0 Å². The average molecular weight is 372 g/mol. The van der Waals surface area contributed by atoms with Crippen LogP contribution in [0.1, 0.15) is 16.7 Å². The standard InChI is InChI=1S/C15H9BrF3NO2/c16-13-4-2-1-3-10(13)5-6-11-7-8-12(15(17,18)19)9-14(11)20(21)22/h1-9H. The van der Waals surface area contributed by atoms with Crippen molar-refractivity contribution < 1.29 is 18.1 Å². The highest BCUT2D eigenvalue weighted by atomic mass is 79.9. The second-order valence-corrected chi connectivity index (χ2v) is 5.24. The van der Waals surface area contributed by atoms with Crippen LogP contribution < -0.4 is 0 Å². The Kier molecular flexibility index (Phi) is 4.65. The largest absolute Gasteiger partial charge is 0.416 e. The predicted molar refractivity (Wildman–Crippen MR) is 81.2 cm³/mol. The van der Waals surface area contributed by atoms with E-state index >= 15 is 0 Å². The number of rotatable bonds is 3. The summed E-state index contributed by atoms with van der Waals surface area (Å²) in [5.41, 5.74) is -0.763. The number of nitrogens with zero attached hydrogens (tertiary/aromatic N) is 1. The number of alkyl halides is 3. The molecule has 3 nitrogen and oxygen atoms in total. The Bertz CT molecular complexity index is 742. The fourth-order valence-corrected chi connectivity index (χ4v) is 2.23. The van der Waals surface area contributed by atoms with Crippen molar-refractivity contribution in [3.05, 3.63) is 73.7 Å². The lowest BCUT2D eigenvalue weighted by molar-refractivity contribution is -0.385. The first-order valence-corrected chi connectivity index (χ1v) is 6.86. The Labute approximate surface area is 132 Å². The molecule has 7 heteroatoms. The zero-order valence-electron chi connectivity index (χ0n) is 11.0. The molecule has 2 aromatic carbocycles. The van der Waals surface area contributed by atoms with Crippen LogP contribution in [0.4, 0.5) is 18.9 Å². The Morgan fingerprint density at radius 2 is 1.68 bits per heavy atom. The SMILES string of the molecule is O=[N+]([O-])c1cc(C(F)(F)F)ccc1C=Cc1ccccc1Br. The van der Waals surface area contributed by atoms with Crippen LogP contribution in [0.25, 0.3) is 12.2 Å². The van der Waals surface area contributed by atoms with Crippen LogP contribution in [0.5, 0.6) is 0 Å². The number of hydrogen-bond donors (Lipinski definition) is 0. The molecule has 0 saturated heterocycles. The summed E-state index contributed by atoms with van der Waals surface area (Å²) in [6.07, 6.45) is -1.60. The van der Waals surface area contributed by atoms with E-state index in [4.69, 9.17) is 0 Å². The van der Waals surface area contributed by atoms with Gasteiger partial charge in [-0.15, -0.1) is 0 Å². The van der Waals surface area contributed by atoms with Crippen molar-refractivity contribution in [3.63, 3.8) is 0 Å². The molecule has 0 bridgehead atoms. The van der Waals surface area contributed by atoms with Gasteiger partial charge in [-0.2, -0.15) is 13.2 Å². The summed E-state index contributed by atoms with van der Waals surface area (Å²) in [5.74, 6) is 0. The van der Waals surface area contributed by atoms with E-state index in [9.17, 15) is 23.3 Å². The molecule has 2 aromatic rings. The summed E-state index contributed by atoms with van der Waals surface area (Å²) in [7, 11) is 0. The van der Waals surface area contributed by atoms with Crippen molar-refractivity contribution in [2.75, 3.05) is 0 Å². The third-order valence-corrected chi connectivity index (χ3v) is 3.62. The summed E-state index contributed by atoms with van der Waals surface area (Å²) < 4.78 is 38.6. The summed E-state index contributed by atoms with van der Waals surface area (Å²) in [4.78, 5) is 10.1. The van der Waals surface area contributed by atoms with Gasteiger partial charge in [0.25, 0.3) is 5.69 Å². The average Bonchev–Trinajstić information content (AvgIpc) is 2.45. The minimum absolute atomic E-state index is 0.105. The second-order valence-electron chi connectivity index (χ2n) is 4.38. The summed E-state index contributed by atoms with van der Waals surface area (Å²) in [6.45, 7) is 0. The zero-order chi connectivity index (χ0) is 16.3. The van der Waals surface area contributed by atoms with E-state index in [0.29, 0.717) is 6.07 Å². The Morgan fingerprint density at radius 3 is 2.27 bits per heavy atom. The van der Waals surface area contributed by atoms with E-state index in [1.165, 1.54) is 6.08 Å². The molecule has 0 unspecified atom stereocenters. The maximum atomic E-state index is 12.6. The molecule has 0 aliphatic rings. The van der Waals surface area contributed by atoms with Crippen LogP contribution in [0.15, 0.2) is 46.9 Å². The van der Waals surface area contributed by atoms with Crippen LogP contribution >= 0.6 is 15.9 Å². The topological polar surface area (TPSA) is 43.1 Å². The van der Waals surface area contributed by atoms with E-state index in [1.807, 2.05) is 6.07 Å². The predicted octanol–water partition coefficient (Wildman–Crippen LogP) is 5.55. The fraction of sp³-hybridized carbons (Fsp3) is 0.0667. The molecule has 0 aromatic heterocycles. The van der Waals surface area contributed by atoms with Crippen molar-refractivity contribution in [1.29, 1.82) is 0 Å². The first kappa shape index (κ1) is 16.2. The van der Waals surface area contributed by atoms with Crippen LogP contribution in [0, 0.1) is 10.1 Å². The number of nitro benzene ring substituents is 1. The zero-order valence-corrected chi connectivity index (χ0v) is 12.6. The Balaban J connectivity index is 2.43. The molecule has 0 aliphatic heterocycles. The molecule has 2 rings (SSSR count). The highest BCUT2D eigenvalue weighted by Gasteiger charge is 2.32. The molecular weight excluding hydrogens is 363 g/mol. The van der Waals surface area contributed by atoms with E-state index in [-0.39, 0.29) is 5.56 Å². The highest BCUT2D eigenvalue weighted by molar-refractivity contribution is 9.10. The van der Waals surface area contributed by atoms with E-state index in [0.717, 1.165) is 22.2 Å². The lowest BCUT2D eigenvalue weighted by Gasteiger charge is -2.07. The molecule has 0 aliphatic carbocycles. The van der Waals surface area contributed by atoms with Gasteiger partial charge in [-0.1, -0.05) is 40.2 Å². The third-order valence-electron chi connectivity index (χ3n) is 2.90. The summed E-state index contributed by atoms with van der Waals surface area (Å²) >= 11 is 3.32. The van der Waals surface area contributed by atoms with E-state index in [1.54, 1.807) is 24.3 Å². The number of halogens is 4. The molecular formula is C15H9BrF3NO2. The second kappa shape index (κ2) is 6.31. The summed E-state index contributed by atoms with van der Waals surface area (Å²) in [5, 5.41) is 11.0. The minimum Gasteiger partial charge on any atom is -0.258 e. The molecule has 0 atom stereocenters. The van der Waals surface area contributed by atoms with Gasteiger partial charge in [0.15, 0.2) is 0 Å². The Morgan fingerprint density at radius 1 is 1.05 bits per heavy atom.